The van der Waals surface area contributed by atoms with E-state index in [9.17, 15) is 0 Å². The second-order valence-electron chi connectivity index (χ2n) is 3.27. The van der Waals surface area contributed by atoms with Gasteiger partial charge in [0.15, 0.2) is 12.1 Å². The number of hydrogen-bond donors (Lipinski definition) is 0. The molecule has 1 saturated heterocycles. The minimum Gasteiger partial charge on any atom is -0.353 e. The highest BCUT2D eigenvalue weighted by atomic mass is 16.7. The summed E-state index contributed by atoms with van der Waals surface area (Å²) < 4.78 is 10.9. The van der Waals surface area contributed by atoms with Crippen LogP contribution in [0.25, 0.3) is 0 Å². The molecule has 1 fully saturated rings. The molecule has 76 valence electrons. The van der Waals surface area contributed by atoms with Crippen LogP contribution in [0.15, 0.2) is 18.5 Å². The first kappa shape index (κ1) is 9.55. The molecule has 1 aromatic heterocycles. The predicted octanol–water partition coefficient (Wildman–Crippen LogP) is 1.52. The summed E-state index contributed by atoms with van der Waals surface area (Å²) in [6.07, 6.45) is 6.67. The van der Waals surface area contributed by atoms with Crippen LogP contribution in [0.5, 0.6) is 0 Å². The van der Waals surface area contributed by atoms with Crippen molar-refractivity contribution < 1.29 is 9.47 Å². The van der Waals surface area contributed by atoms with Gasteiger partial charge in [-0.1, -0.05) is 0 Å². The highest BCUT2D eigenvalue weighted by Crippen LogP contribution is 2.14. The molecule has 0 N–H and O–H groups in total. The quantitative estimate of drug-likeness (QED) is 0.731. The Hall–Kier alpha value is -1.00. The number of rotatable bonds is 3. The number of nitrogens with zero attached hydrogens (tertiary/aromatic N) is 2. The van der Waals surface area contributed by atoms with Gasteiger partial charge in [0.05, 0.1) is 0 Å². The Bertz CT molecular complexity index is 260. The maximum absolute atomic E-state index is 5.52. The first-order chi connectivity index (χ1) is 6.95. The molecule has 14 heavy (non-hydrogen) atoms. The molecule has 0 amide bonds. The molecular formula is C10H14N2O2. The van der Waals surface area contributed by atoms with Gasteiger partial charge in [0.1, 0.15) is 6.61 Å². The molecule has 1 aromatic rings. The molecule has 0 saturated carbocycles. The van der Waals surface area contributed by atoms with Crippen molar-refractivity contribution >= 4 is 0 Å². The van der Waals surface area contributed by atoms with Crippen molar-refractivity contribution in [2.45, 2.75) is 32.2 Å². The summed E-state index contributed by atoms with van der Waals surface area (Å²) in [5.74, 6) is 0.710. The summed E-state index contributed by atoms with van der Waals surface area (Å²) in [5, 5.41) is 0. The fourth-order valence-corrected chi connectivity index (χ4v) is 1.41. The lowest BCUT2D eigenvalue weighted by Gasteiger charge is -2.22. The van der Waals surface area contributed by atoms with E-state index in [1.807, 2.05) is 0 Å². The minimum atomic E-state index is -0.0624. The first-order valence-electron chi connectivity index (χ1n) is 4.94. The predicted molar refractivity (Wildman–Crippen MR) is 50.4 cm³/mol. The van der Waals surface area contributed by atoms with Crippen molar-refractivity contribution in [3.05, 3.63) is 24.3 Å². The number of aromatic nitrogens is 2. The normalized spacial score (nSPS) is 22.1. The lowest BCUT2D eigenvalue weighted by atomic mass is 10.2. The minimum absolute atomic E-state index is 0.0624. The Kier molecular flexibility index (Phi) is 3.43. The summed E-state index contributed by atoms with van der Waals surface area (Å²) >= 11 is 0. The zero-order valence-electron chi connectivity index (χ0n) is 8.06. The third-order valence-electron chi connectivity index (χ3n) is 2.16. The van der Waals surface area contributed by atoms with Gasteiger partial charge in [0.2, 0.25) is 0 Å². The average molecular weight is 194 g/mol. The van der Waals surface area contributed by atoms with Gasteiger partial charge in [-0.3, -0.25) is 0 Å². The lowest BCUT2D eigenvalue weighted by molar-refractivity contribution is -0.170. The molecule has 1 atom stereocenters. The van der Waals surface area contributed by atoms with Crippen LogP contribution >= 0.6 is 0 Å². The SMILES string of the molecule is c1cnc(COC2CCCCO2)nc1. The van der Waals surface area contributed by atoms with E-state index in [1.54, 1.807) is 18.5 Å². The fraction of sp³-hybridized carbons (Fsp3) is 0.600. The van der Waals surface area contributed by atoms with Gasteiger partial charge in [-0.2, -0.15) is 0 Å². The monoisotopic (exact) mass is 194 g/mol. The zero-order chi connectivity index (χ0) is 9.64. The Morgan fingerprint density at radius 2 is 2.21 bits per heavy atom. The highest BCUT2D eigenvalue weighted by Gasteiger charge is 2.14. The van der Waals surface area contributed by atoms with Crippen LogP contribution in [0.1, 0.15) is 25.1 Å². The van der Waals surface area contributed by atoms with Gasteiger partial charge in [0.25, 0.3) is 0 Å². The van der Waals surface area contributed by atoms with Crippen LogP contribution < -0.4 is 0 Å². The van der Waals surface area contributed by atoms with Gasteiger partial charge in [0, 0.05) is 19.0 Å². The Balaban J connectivity index is 1.76. The van der Waals surface area contributed by atoms with Gasteiger partial charge < -0.3 is 9.47 Å². The molecule has 1 aliphatic rings. The van der Waals surface area contributed by atoms with Crippen LogP contribution in [-0.2, 0) is 16.1 Å². The topological polar surface area (TPSA) is 44.2 Å². The van der Waals surface area contributed by atoms with Crippen molar-refractivity contribution in [2.24, 2.45) is 0 Å². The molecule has 1 aliphatic heterocycles. The van der Waals surface area contributed by atoms with E-state index in [0.717, 1.165) is 19.4 Å². The highest BCUT2D eigenvalue weighted by molar-refractivity contribution is 4.86. The Labute approximate surface area is 83.3 Å². The average Bonchev–Trinajstić information content (AvgIpc) is 2.29. The van der Waals surface area contributed by atoms with E-state index in [-0.39, 0.29) is 6.29 Å². The zero-order valence-corrected chi connectivity index (χ0v) is 8.06. The molecule has 0 aromatic carbocycles. The summed E-state index contributed by atoms with van der Waals surface area (Å²) in [6, 6.07) is 1.79. The molecule has 0 aliphatic carbocycles. The van der Waals surface area contributed by atoms with E-state index < -0.39 is 0 Å². The molecule has 4 nitrogen and oxygen atoms in total. The van der Waals surface area contributed by atoms with Crippen molar-refractivity contribution in [3.63, 3.8) is 0 Å². The molecular weight excluding hydrogens is 180 g/mol. The van der Waals surface area contributed by atoms with Crippen LogP contribution in [-0.4, -0.2) is 22.9 Å². The molecule has 2 rings (SSSR count). The molecule has 2 heterocycles. The van der Waals surface area contributed by atoms with Crippen molar-refractivity contribution in [1.29, 1.82) is 0 Å². The van der Waals surface area contributed by atoms with Gasteiger partial charge in [-0.15, -0.1) is 0 Å². The van der Waals surface area contributed by atoms with E-state index >= 15 is 0 Å². The van der Waals surface area contributed by atoms with Crippen LogP contribution in [0, 0.1) is 0 Å². The third kappa shape index (κ3) is 2.75. The van der Waals surface area contributed by atoms with E-state index in [4.69, 9.17) is 9.47 Å². The standard InChI is InChI=1S/C10H14N2O2/c1-2-7-13-10(4-1)14-8-9-11-5-3-6-12-9/h3,5-6,10H,1-2,4,7-8H2. The van der Waals surface area contributed by atoms with Gasteiger partial charge in [-0.25, -0.2) is 9.97 Å². The maximum Gasteiger partial charge on any atom is 0.158 e. The molecule has 4 heteroatoms. The van der Waals surface area contributed by atoms with Crippen molar-refractivity contribution in [1.82, 2.24) is 9.97 Å². The van der Waals surface area contributed by atoms with Crippen LogP contribution in [0.2, 0.25) is 0 Å². The summed E-state index contributed by atoms with van der Waals surface area (Å²) in [5.41, 5.74) is 0. The van der Waals surface area contributed by atoms with Crippen LogP contribution in [0.3, 0.4) is 0 Å². The maximum atomic E-state index is 5.52. The molecule has 0 bridgehead atoms. The van der Waals surface area contributed by atoms with Crippen LogP contribution in [0.4, 0.5) is 0 Å². The Morgan fingerprint density at radius 1 is 1.36 bits per heavy atom. The summed E-state index contributed by atoms with van der Waals surface area (Å²) in [4.78, 5) is 8.14. The number of hydrogen-bond acceptors (Lipinski definition) is 4. The second kappa shape index (κ2) is 5.02. The van der Waals surface area contributed by atoms with Gasteiger partial charge in [-0.05, 0) is 25.3 Å². The van der Waals surface area contributed by atoms with E-state index in [1.165, 1.54) is 6.42 Å². The molecule has 0 spiro atoms. The fourth-order valence-electron chi connectivity index (χ4n) is 1.41. The smallest absolute Gasteiger partial charge is 0.158 e. The first-order valence-corrected chi connectivity index (χ1v) is 4.94. The van der Waals surface area contributed by atoms with E-state index in [2.05, 4.69) is 9.97 Å². The summed E-state index contributed by atoms with van der Waals surface area (Å²) in [7, 11) is 0. The summed E-state index contributed by atoms with van der Waals surface area (Å²) in [6.45, 7) is 1.24. The number of ether oxygens (including phenoxy) is 2. The van der Waals surface area contributed by atoms with Crippen molar-refractivity contribution in [2.75, 3.05) is 6.61 Å². The molecule has 0 radical (unpaired) electrons. The van der Waals surface area contributed by atoms with Crippen molar-refractivity contribution in [3.8, 4) is 0 Å². The second-order valence-corrected chi connectivity index (χ2v) is 3.27. The van der Waals surface area contributed by atoms with E-state index in [0.29, 0.717) is 12.4 Å². The lowest BCUT2D eigenvalue weighted by Crippen LogP contribution is -2.22. The third-order valence-corrected chi connectivity index (χ3v) is 2.16. The molecule has 1 unspecified atom stereocenters. The van der Waals surface area contributed by atoms with Gasteiger partial charge >= 0.3 is 0 Å². The largest absolute Gasteiger partial charge is 0.353 e. The Morgan fingerprint density at radius 3 is 2.93 bits per heavy atom.